The third-order valence-corrected chi connectivity index (χ3v) is 22.8. The number of anilines is 3. The summed E-state index contributed by atoms with van der Waals surface area (Å²) in [6.45, 7) is 24.9. The summed E-state index contributed by atoms with van der Waals surface area (Å²) in [7, 11) is 2.25. The molecule has 0 unspecified atom stereocenters. The van der Waals surface area contributed by atoms with Gasteiger partial charge in [-0.05, 0) is 268 Å². The Labute approximate surface area is 674 Å². The minimum atomic E-state index is -3.73. The van der Waals surface area contributed by atoms with Gasteiger partial charge in [0.2, 0.25) is 17.7 Å². The van der Waals surface area contributed by atoms with Crippen molar-refractivity contribution < 1.29 is 107 Å². The van der Waals surface area contributed by atoms with Crippen molar-refractivity contribution in [2.75, 3.05) is 30.2 Å². The number of carbonyl (C=O) groups is 6. The van der Waals surface area contributed by atoms with E-state index in [4.69, 9.17) is 35.4 Å². The Balaban J connectivity index is 0.000000138. The number of aromatic carboxylic acids is 1. The number of carbonyl (C=O) groups excluding carboxylic acids is 5. The van der Waals surface area contributed by atoms with Crippen LogP contribution in [0.5, 0.6) is 34.5 Å². The van der Waals surface area contributed by atoms with Gasteiger partial charge in [0.1, 0.15) is 22.6 Å². The molecule has 4 aliphatic heterocycles. The highest BCUT2D eigenvalue weighted by molar-refractivity contribution is 6.63. The number of carboxylic acids is 1. The second-order valence-corrected chi connectivity index (χ2v) is 31.2. The van der Waals surface area contributed by atoms with Gasteiger partial charge in [0.25, 0.3) is 0 Å². The van der Waals surface area contributed by atoms with Crippen LogP contribution in [0.15, 0.2) is 127 Å². The zero-order chi connectivity index (χ0) is 84.8. The number of rotatable bonds is 15. The molecule has 23 nitrogen and oxygen atoms in total. The van der Waals surface area contributed by atoms with Crippen LogP contribution in [-0.2, 0) is 49.4 Å². The van der Waals surface area contributed by atoms with E-state index in [0.29, 0.717) is 111 Å². The van der Waals surface area contributed by atoms with Crippen molar-refractivity contribution in [1.29, 1.82) is 0 Å². The highest BCUT2D eigenvalue weighted by Crippen LogP contribution is 2.56. The molecular formula is C86H82BClF6N6O17. The normalized spacial score (nSPS) is 17.5. The Morgan fingerprint density at radius 1 is 0.402 bits per heavy atom. The molecule has 6 aromatic carbocycles. The van der Waals surface area contributed by atoms with Crippen molar-refractivity contribution in [3.05, 3.63) is 216 Å². The number of methoxy groups -OCH3 is 2. The van der Waals surface area contributed by atoms with Gasteiger partial charge in [0.15, 0.2) is 34.5 Å². The van der Waals surface area contributed by atoms with Crippen LogP contribution in [0.25, 0.3) is 22.5 Å². The summed E-state index contributed by atoms with van der Waals surface area (Å²) in [6.07, 6.45) is -7.69. The van der Waals surface area contributed by atoms with Crippen molar-refractivity contribution in [1.82, 2.24) is 15.0 Å². The number of ether oxygens (including phenoxy) is 8. The van der Waals surface area contributed by atoms with E-state index in [2.05, 4.69) is 54.3 Å². The van der Waals surface area contributed by atoms with Crippen LogP contribution < -0.4 is 49.8 Å². The molecule has 4 N–H and O–H groups in total. The van der Waals surface area contributed by atoms with Crippen molar-refractivity contribution in [3.63, 3.8) is 0 Å². The summed E-state index contributed by atoms with van der Waals surface area (Å²) in [6, 6.07) is 34.3. The van der Waals surface area contributed by atoms with Gasteiger partial charge in [-0.1, -0.05) is 71.8 Å². The van der Waals surface area contributed by atoms with Crippen LogP contribution in [-0.4, -0.2) is 107 Å². The first-order valence-corrected chi connectivity index (χ1v) is 37.6. The topological polar surface area (TPSA) is 290 Å². The third-order valence-electron chi connectivity index (χ3n) is 22.5. The zero-order valence-corrected chi connectivity index (χ0v) is 67.2. The molecule has 610 valence electrons. The van der Waals surface area contributed by atoms with Crippen LogP contribution in [0.1, 0.15) is 164 Å². The van der Waals surface area contributed by atoms with E-state index >= 15 is 0 Å². The lowest BCUT2D eigenvalue weighted by atomic mass is 9.72. The highest BCUT2D eigenvalue weighted by atomic mass is 35.5. The number of pyridine rings is 3. The number of hydrogen-bond acceptors (Lipinski definition) is 19. The van der Waals surface area contributed by atoms with Crippen molar-refractivity contribution in [2.45, 2.75) is 175 Å². The summed E-state index contributed by atoms with van der Waals surface area (Å²) >= 11 is 5.97. The average molecular weight is 1630 g/mol. The molecule has 0 bridgehead atoms. The fraction of sp³-hybridized carbons (Fsp3) is 0.337. The maximum Gasteiger partial charge on any atom is 0.586 e. The van der Waals surface area contributed by atoms with Gasteiger partial charge in [-0.15, -0.1) is 26.3 Å². The SMILES string of the molecule is COC(=O)c1ccc(C)c(-c2nc(NC(=O)C3(c4ccc5c(c4)OC(F)(F)O5)CC3)ccc2C)c1C.COC(=O)c1ccc(C)c(B2OC(C)(C)C(C)(C)O2)c1C.Cc1ccc(NC(=O)C2(c3ccc4c(c3)OC(F)(F)O4)CC2)nc1-c1c(C)ccc(C(=O)O)c1C.Cc1ccc(NC(=O)C2(c3ccc4c(c3)OC(F)(F)O4)CC2)nc1Cl. The van der Waals surface area contributed by atoms with Crippen molar-refractivity contribution >= 4 is 77.3 Å². The maximum atomic E-state index is 13.4. The number of amides is 3. The Hall–Kier alpha value is -11.8. The maximum absolute atomic E-state index is 13.4. The Bertz CT molecular complexity index is 5580. The molecule has 117 heavy (non-hydrogen) atoms. The van der Waals surface area contributed by atoms with E-state index in [0.717, 1.165) is 55.5 Å². The highest BCUT2D eigenvalue weighted by Gasteiger charge is 2.57. The van der Waals surface area contributed by atoms with Gasteiger partial charge in [-0.25, -0.2) is 29.3 Å². The Morgan fingerprint density at radius 3 is 1.05 bits per heavy atom. The van der Waals surface area contributed by atoms with Crippen molar-refractivity contribution in [3.8, 4) is 57.0 Å². The lowest BCUT2D eigenvalue weighted by molar-refractivity contribution is -0.287. The zero-order valence-electron chi connectivity index (χ0n) is 66.4. The monoisotopic (exact) mass is 1630 g/mol. The Morgan fingerprint density at radius 2 is 0.709 bits per heavy atom. The van der Waals surface area contributed by atoms with Crippen LogP contribution >= 0.6 is 11.6 Å². The molecule has 3 amide bonds. The number of fused-ring (bicyclic) bond motifs is 3. The second kappa shape index (κ2) is 30.7. The number of esters is 2. The molecule has 31 heteroatoms. The van der Waals surface area contributed by atoms with Crippen LogP contribution in [0.2, 0.25) is 5.15 Å². The van der Waals surface area contributed by atoms with Crippen molar-refractivity contribution in [2.24, 2.45) is 0 Å². The number of nitrogens with zero attached hydrogens (tertiary/aromatic N) is 3. The Kier molecular flexibility index (Phi) is 21.8. The third kappa shape index (κ3) is 16.5. The molecular weight excluding hydrogens is 1550 g/mol. The molecule has 0 spiro atoms. The van der Waals surface area contributed by atoms with Gasteiger partial charge in [-0.3, -0.25) is 14.4 Å². The molecule has 0 radical (unpaired) electrons. The fourth-order valence-corrected chi connectivity index (χ4v) is 14.7. The molecule has 4 fully saturated rings. The predicted octanol–water partition coefficient (Wildman–Crippen LogP) is 17.2. The molecule has 3 saturated carbocycles. The van der Waals surface area contributed by atoms with E-state index in [1.165, 1.54) is 50.6 Å². The van der Waals surface area contributed by atoms with Crippen LogP contribution in [0, 0.1) is 62.3 Å². The number of carboxylic acid groups (broad SMARTS) is 1. The lowest BCUT2D eigenvalue weighted by Crippen LogP contribution is -2.41. The van der Waals surface area contributed by atoms with E-state index in [-0.39, 0.29) is 63.8 Å². The van der Waals surface area contributed by atoms with Gasteiger partial charge in [-0.2, -0.15) is 0 Å². The number of aromatic nitrogens is 3. The largest absolute Gasteiger partial charge is 0.586 e. The number of halogens is 7. The average Bonchev–Trinajstić information content (AvgIpc) is 1.60. The number of alkyl halides is 6. The molecule has 9 aromatic rings. The first-order chi connectivity index (χ1) is 54.9. The minimum Gasteiger partial charge on any atom is -0.478 e. The van der Waals surface area contributed by atoms with Gasteiger partial charge < -0.3 is 68.3 Å². The summed E-state index contributed by atoms with van der Waals surface area (Å²) in [4.78, 5) is 88.5. The fourth-order valence-electron chi connectivity index (χ4n) is 14.5. The standard InChI is InChI=1S/C27H24F2N2O5.C26H22F2N2O5.C17H13ClF2N2O3.C16H23BO4/c1-14-5-8-18(24(32)34-4)16(3)22(14)23-15(2)6-10-21(30-23)31-25(33)26(11-12-26)17-7-9-19-20(13-17)36-27(28,29)35-19;1-13-4-7-17(23(31)32)15(3)21(13)22-14(2)5-9-20(29-22)30-24(33)25(10-11-25)16-6-8-18-19(12-16)35-26(27,28)34-18;1-9-2-5-13(21-14(9)18)22-15(23)16(6-7-16)10-3-4-11-12(8-10)25-17(19,20)24-11;1-10-8-9-12(14(18)19-7)11(2)13(10)17-20-15(3,4)16(5,6)21-17/h5-10,13H,11-12H2,1-4H3,(H,30,31,33);4-9,12H,10-11H2,1-3H3,(H,31,32)(H,29,30,33);2-5,8H,6-7H2,1H3,(H,21,22,23);8-9H,1-7H3. The summed E-state index contributed by atoms with van der Waals surface area (Å²) in [5, 5.41) is 18.3. The van der Waals surface area contributed by atoms with Gasteiger partial charge >= 0.3 is 43.9 Å². The van der Waals surface area contributed by atoms with Crippen LogP contribution in [0.3, 0.4) is 0 Å². The van der Waals surface area contributed by atoms with E-state index < -0.39 is 65.4 Å². The molecule has 3 aromatic heterocycles. The quantitative estimate of drug-likeness (QED) is 0.0321. The van der Waals surface area contributed by atoms with E-state index in [1.54, 1.807) is 73.7 Å². The van der Waals surface area contributed by atoms with Crippen LogP contribution in [0.4, 0.5) is 43.8 Å². The number of benzene rings is 6. The lowest BCUT2D eigenvalue weighted by Gasteiger charge is -2.32. The molecule has 0 atom stereocenters. The van der Waals surface area contributed by atoms with Gasteiger partial charge in [0.05, 0.1) is 69.7 Å². The minimum absolute atomic E-state index is 0.0445. The van der Waals surface area contributed by atoms with E-state index in [9.17, 15) is 60.2 Å². The number of nitrogens with one attached hydrogen (secondary N) is 3. The first-order valence-electron chi connectivity index (χ1n) is 37.3. The van der Waals surface area contributed by atoms with Gasteiger partial charge in [0, 0.05) is 11.1 Å². The first kappa shape index (κ1) is 83.2. The predicted molar refractivity (Wildman–Crippen MR) is 420 cm³/mol. The molecule has 16 rings (SSSR count). The summed E-state index contributed by atoms with van der Waals surface area (Å²) in [5.41, 5.74) is 10.7. The smallest absolute Gasteiger partial charge is 0.478 e. The number of hydrogen-bond donors (Lipinski definition) is 4. The number of aryl methyl sites for hydroxylation is 6. The summed E-state index contributed by atoms with van der Waals surface area (Å²) in [5.74, 6) is -2.10. The molecule has 3 aliphatic carbocycles. The molecule has 7 aliphatic rings. The molecule has 7 heterocycles. The van der Waals surface area contributed by atoms with E-state index in [1.807, 2.05) is 107 Å². The summed E-state index contributed by atoms with van der Waals surface area (Å²) < 4.78 is 129. The molecule has 1 saturated heterocycles. The second-order valence-electron chi connectivity index (χ2n) is 30.8.